The summed E-state index contributed by atoms with van der Waals surface area (Å²) in [6.07, 6.45) is 3.48. The molecule has 29 heavy (non-hydrogen) atoms. The fourth-order valence-electron chi connectivity index (χ4n) is 3.14. The van der Waals surface area contributed by atoms with E-state index in [1.807, 2.05) is 76.4 Å². The molecule has 0 aliphatic heterocycles. The van der Waals surface area contributed by atoms with E-state index in [2.05, 4.69) is 4.98 Å². The first kappa shape index (κ1) is 22.6. The zero-order chi connectivity index (χ0) is 21.8. The van der Waals surface area contributed by atoms with E-state index in [1.54, 1.807) is 17.3 Å². The Bertz CT molecular complexity index is 851. The number of aromatic nitrogens is 2. The molecule has 0 saturated heterocycles. The van der Waals surface area contributed by atoms with E-state index < -0.39 is 11.6 Å². The van der Waals surface area contributed by atoms with Crippen LogP contribution in [0.2, 0.25) is 0 Å². The third-order valence-corrected chi connectivity index (χ3v) is 4.41. The zero-order valence-corrected chi connectivity index (χ0v) is 18.5. The van der Waals surface area contributed by atoms with Crippen LogP contribution in [0.3, 0.4) is 0 Å². The van der Waals surface area contributed by atoms with E-state index in [0.29, 0.717) is 18.7 Å². The Morgan fingerprint density at radius 3 is 2.41 bits per heavy atom. The Kier molecular flexibility index (Phi) is 7.19. The Balaban J connectivity index is 2.32. The summed E-state index contributed by atoms with van der Waals surface area (Å²) in [5.41, 5.74) is 2.63. The second kappa shape index (κ2) is 9.22. The van der Waals surface area contributed by atoms with Crippen molar-refractivity contribution in [2.45, 2.75) is 40.2 Å². The molecule has 0 N–H and O–H groups in total. The third-order valence-electron chi connectivity index (χ3n) is 4.41. The Hall–Kier alpha value is -2.67. The first-order valence-corrected chi connectivity index (χ1v) is 9.75. The van der Waals surface area contributed by atoms with Crippen LogP contribution in [0, 0.1) is 13.8 Å². The molecule has 0 aliphatic carbocycles. The van der Waals surface area contributed by atoms with Crippen LogP contribution >= 0.6 is 0 Å². The van der Waals surface area contributed by atoms with Gasteiger partial charge in [-0.15, -0.1) is 0 Å². The van der Waals surface area contributed by atoms with Gasteiger partial charge in [0.2, 0.25) is 0 Å². The van der Waals surface area contributed by atoms with E-state index in [0.717, 1.165) is 17.1 Å². The van der Waals surface area contributed by atoms with Crippen molar-refractivity contribution in [1.29, 1.82) is 0 Å². The summed E-state index contributed by atoms with van der Waals surface area (Å²) >= 11 is 0. The Morgan fingerprint density at radius 1 is 1.17 bits per heavy atom. The highest BCUT2D eigenvalue weighted by molar-refractivity contribution is 5.97. The molecule has 0 bridgehead atoms. The Morgan fingerprint density at radius 2 is 1.86 bits per heavy atom. The summed E-state index contributed by atoms with van der Waals surface area (Å²) in [5, 5.41) is 0. The fraction of sp³-hybridized carbons (Fsp3) is 0.500. The lowest BCUT2D eigenvalue weighted by Gasteiger charge is -2.26. The van der Waals surface area contributed by atoms with Gasteiger partial charge >= 0.3 is 5.97 Å². The van der Waals surface area contributed by atoms with E-state index in [4.69, 9.17) is 4.74 Å². The molecule has 0 saturated carbocycles. The first-order chi connectivity index (χ1) is 13.5. The van der Waals surface area contributed by atoms with Crippen molar-refractivity contribution < 1.29 is 14.3 Å². The van der Waals surface area contributed by atoms with Crippen LogP contribution in [0.4, 0.5) is 0 Å². The van der Waals surface area contributed by atoms with Gasteiger partial charge in [-0.2, -0.15) is 0 Å². The highest BCUT2D eigenvalue weighted by atomic mass is 16.6. The number of nitrogens with zero attached hydrogens (tertiary/aromatic N) is 4. The van der Waals surface area contributed by atoms with Crippen LogP contribution in [0.25, 0.3) is 5.69 Å². The van der Waals surface area contributed by atoms with Gasteiger partial charge in [-0.25, -0.2) is 0 Å². The average Bonchev–Trinajstić information content (AvgIpc) is 2.91. The molecule has 0 unspecified atom stereocenters. The number of likely N-dealkylation sites (N-methyl/N-ethyl adjacent to an activating group) is 1. The van der Waals surface area contributed by atoms with E-state index in [9.17, 15) is 9.59 Å². The number of hydrogen-bond donors (Lipinski definition) is 0. The molecule has 2 aromatic rings. The second-order valence-electron chi connectivity index (χ2n) is 8.45. The van der Waals surface area contributed by atoms with E-state index in [1.165, 1.54) is 0 Å². The van der Waals surface area contributed by atoms with Crippen LogP contribution in [0.15, 0.2) is 30.6 Å². The summed E-state index contributed by atoms with van der Waals surface area (Å²) < 4.78 is 7.43. The highest BCUT2D eigenvalue weighted by Crippen LogP contribution is 2.22. The van der Waals surface area contributed by atoms with Gasteiger partial charge in [-0.1, -0.05) is 0 Å². The normalized spacial score (nSPS) is 11.6. The summed E-state index contributed by atoms with van der Waals surface area (Å²) in [4.78, 5) is 33.4. The predicted octanol–water partition coefficient (Wildman–Crippen LogP) is 2.83. The first-order valence-electron chi connectivity index (χ1n) is 9.75. The maximum atomic E-state index is 13.3. The van der Waals surface area contributed by atoms with Crippen molar-refractivity contribution in [3.05, 3.63) is 47.5 Å². The smallest absolute Gasteiger partial charge is 0.326 e. The van der Waals surface area contributed by atoms with Crippen molar-refractivity contribution in [1.82, 2.24) is 19.4 Å². The van der Waals surface area contributed by atoms with Crippen molar-refractivity contribution >= 4 is 11.9 Å². The van der Waals surface area contributed by atoms with Crippen LogP contribution in [-0.4, -0.2) is 70.6 Å². The molecule has 2 rings (SSSR count). The van der Waals surface area contributed by atoms with Gasteiger partial charge in [-0.3, -0.25) is 14.6 Å². The number of ether oxygens (including phenoxy) is 1. The van der Waals surface area contributed by atoms with Crippen LogP contribution in [0.5, 0.6) is 0 Å². The minimum Gasteiger partial charge on any atom is -0.459 e. The van der Waals surface area contributed by atoms with Gasteiger partial charge < -0.3 is 19.1 Å². The molecule has 0 spiro atoms. The number of carbonyl (C=O) groups is 2. The molecule has 0 fully saturated rings. The molecule has 7 nitrogen and oxygen atoms in total. The summed E-state index contributed by atoms with van der Waals surface area (Å²) in [6, 6.07) is 5.68. The molecule has 2 heterocycles. The SMILES string of the molecule is Cc1cc(C(=O)N(CCN(C)C)CC(=O)OC(C)(C)C)c(C)n1-c1cccnc1. The third kappa shape index (κ3) is 6.15. The lowest BCUT2D eigenvalue weighted by molar-refractivity contribution is -0.155. The maximum Gasteiger partial charge on any atom is 0.326 e. The van der Waals surface area contributed by atoms with Crippen molar-refractivity contribution in [3.8, 4) is 5.69 Å². The van der Waals surface area contributed by atoms with Gasteiger partial charge in [0, 0.05) is 30.7 Å². The van der Waals surface area contributed by atoms with Gasteiger partial charge in [-0.05, 0) is 66.9 Å². The van der Waals surface area contributed by atoms with Crippen LogP contribution in [0.1, 0.15) is 42.5 Å². The number of hydrogen-bond acceptors (Lipinski definition) is 5. The fourth-order valence-corrected chi connectivity index (χ4v) is 3.14. The predicted molar refractivity (Wildman–Crippen MR) is 113 cm³/mol. The number of rotatable bonds is 7. The molecular formula is C22H32N4O3. The zero-order valence-electron chi connectivity index (χ0n) is 18.5. The molecule has 1 amide bonds. The minimum atomic E-state index is -0.594. The lowest BCUT2D eigenvalue weighted by Crippen LogP contribution is -2.42. The standard InChI is InChI=1S/C22H32N4O3/c1-16-13-19(17(2)26(16)18-9-8-10-23-14-18)21(28)25(12-11-24(6)7)15-20(27)29-22(3,4)5/h8-10,13-14H,11-12,15H2,1-7H3. The Labute approximate surface area is 173 Å². The lowest BCUT2D eigenvalue weighted by atomic mass is 10.2. The molecule has 158 valence electrons. The molecule has 2 aromatic heterocycles. The summed E-state index contributed by atoms with van der Waals surface area (Å²) in [5.74, 6) is -0.591. The average molecular weight is 401 g/mol. The monoisotopic (exact) mass is 400 g/mol. The van der Waals surface area contributed by atoms with Crippen molar-refractivity contribution in [2.24, 2.45) is 0 Å². The quantitative estimate of drug-likeness (QED) is 0.669. The number of amides is 1. The molecule has 0 radical (unpaired) electrons. The second-order valence-corrected chi connectivity index (χ2v) is 8.45. The largest absolute Gasteiger partial charge is 0.459 e. The maximum absolute atomic E-state index is 13.3. The summed E-state index contributed by atoms with van der Waals surface area (Å²) in [7, 11) is 3.87. The molecular weight excluding hydrogens is 368 g/mol. The van der Waals surface area contributed by atoms with E-state index in [-0.39, 0.29) is 12.5 Å². The number of pyridine rings is 1. The van der Waals surface area contributed by atoms with Crippen LogP contribution in [-0.2, 0) is 9.53 Å². The molecule has 0 aliphatic rings. The topological polar surface area (TPSA) is 67.7 Å². The molecule has 0 aromatic carbocycles. The molecule has 0 atom stereocenters. The highest BCUT2D eigenvalue weighted by Gasteiger charge is 2.26. The van der Waals surface area contributed by atoms with Gasteiger partial charge in [0.15, 0.2) is 0 Å². The number of esters is 1. The number of aryl methyl sites for hydroxylation is 1. The van der Waals surface area contributed by atoms with E-state index >= 15 is 0 Å². The molecule has 7 heteroatoms. The van der Waals surface area contributed by atoms with Gasteiger partial charge in [0.1, 0.15) is 12.1 Å². The van der Waals surface area contributed by atoms with Crippen molar-refractivity contribution in [3.63, 3.8) is 0 Å². The minimum absolute atomic E-state index is 0.0828. The summed E-state index contributed by atoms with van der Waals surface area (Å²) in [6.45, 7) is 10.3. The van der Waals surface area contributed by atoms with Crippen LogP contribution < -0.4 is 0 Å². The van der Waals surface area contributed by atoms with Crippen molar-refractivity contribution in [2.75, 3.05) is 33.7 Å². The van der Waals surface area contributed by atoms with Gasteiger partial charge in [0.25, 0.3) is 5.91 Å². The van der Waals surface area contributed by atoms with Gasteiger partial charge in [0.05, 0.1) is 17.4 Å². The number of carbonyl (C=O) groups excluding carboxylic acids is 2.